The van der Waals surface area contributed by atoms with E-state index in [0.29, 0.717) is 28.0 Å². The van der Waals surface area contributed by atoms with Crippen LogP contribution in [0.1, 0.15) is 23.0 Å². The number of pyridine rings is 1. The van der Waals surface area contributed by atoms with Crippen LogP contribution >= 0.6 is 0 Å². The molecule has 0 fully saturated rings. The summed E-state index contributed by atoms with van der Waals surface area (Å²) in [6.45, 7) is 0. The van der Waals surface area contributed by atoms with E-state index in [1.54, 1.807) is 42.5 Å². The van der Waals surface area contributed by atoms with Crippen molar-refractivity contribution in [2.75, 3.05) is 0 Å². The highest BCUT2D eigenvalue weighted by Crippen LogP contribution is 2.35. The first-order valence-corrected chi connectivity index (χ1v) is 10.9. The number of nitrogens with two attached hydrogens (primary N) is 1. The Morgan fingerprint density at radius 1 is 1.09 bits per heavy atom. The number of nitrogens with zero attached hydrogens (tertiary/aromatic N) is 2. The largest absolute Gasteiger partial charge is 0.465 e. The number of aromatic nitrogens is 1. The molecule has 0 aliphatic heterocycles. The van der Waals surface area contributed by atoms with E-state index in [0.717, 1.165) is 0 Å². The Kier molecular flexibility index (Phi) is 5.73. The molecule has 160 valence electrons. The molecule has 4 rings (SSSR count). The molecule has 1 atom stereocenters. The van der Waals surface area contributed by atoms with Gasteiger partial charge in [0.1, 0.15) is 17.6 Å². The molecule has 2 heterocycles. The third kappa shape index (κ3) is 4.51. The van der Waals surface area contributed by atoms with Crippen LogP contribution in [0.3, 0.4) is 0 Å². The quantitative estimate of drug-likeness (QED) is 0.472. The summed E-state index contributed by atoms with van der Waals surface area (Å²) in [5.41, 5.74) is 1.94. The second kappa shape index (κ2) is 8.63. The molecule has 0 aliphatic carbocycles. The summed E-state index contributed by atoms with van der Waals surface area (Å²) in [5.74, 6) is 0.260. The lowest BCUT2D eigenvalue weighted by Crippen LogP contribution is -2.12. The standard InChI is InChI=1S/C23H16FN3O4S/c24-18-7-3-17(4-8-18)22(21-2-1-11-30-21)31-23-20(12-15(13-25)14-27-23)16-5-9-19(10-6-16)32(26,28)29/h1-12,14,22H,(H2,26,28,29). The van der Waals surface area contributed by atoms with Gasteiger partial charge in [0.25, 0.3) is 0 Å². The molecule has 0 saturated carbocycles. The van der Waals surface area contributed by atoms with E-state index in [1.165, 1.54) is 36.7 Å². The number of halogens is 1. The zero-order chi connectivity index (χ0) is 22.7. The highest BCUT2D eigenvalue weighted by molar-refractivity contribution is 7.89. The maximum absolute atomic E-state index is 13.4. The first-order valence-electron chi connectivity index (χ1n) is 9.34. The third-order valence-corrected chi connectivity index (χ3v) is 5.61. The molecule has 0 radical (unpaired) electrons. The first-order chi connectivity index (χ1) is 15.3. The number of hydrogen-bond donors (Lipinski definition) is 1. The van der Waals surface area contributed by atoms with Crippen molar-refractivity contribution in [1.29, 1.82) is 5.26 Å². The predicted octanol–water partition coefficient (Wildman–Crippen LogP) is 4.17. The molecule has 0 saturated heterocycles. The first kappa shape index (κ1) is 21.2. The lowest BCUT2D eigenvalue weighted by molar-refractivity contribution is 0.207. The lowest BCUT2D eigenvalue weighted by Gasteiger charge is -2.19. The van der Waals surface area contributed by atoms with Crippen molar-refractivity contribution in [3.63, 3.8) is 0 Å². The van der Waals surface area contributed by atoms with Crippen LogP contribution in [-0.2, 0) is 10.0 Å². The minimum Gasteiger partial charge on any atom is -0.465 e. The van der Waals surface area contributed by atoms with Gasteiger partial charge in [-0.3, -0.25) is 0 Å². The number of hydrogen-bond acceptors (Lipinski definition) is 6. The van der Waals surface area contributed by atoms with Crippen LogP contribution in [0.15, 0.2) is 88.5 Å². The molecular weight excluding hydrogens is 433 g/mol. The highest BCUT2D eigenvalue weighted by Gasteiger charge is 2.22. The van der Waals surface area contributed by atoms with E-state index >= 15 is 0 Å². The van der Waals surface area contributed by atoms with Crippen molar-refractivity contribution in [1.82, 2.24) is 4.98 Å². The van der Waals surface area contributed by atoms with Crippen LogP contribution in [0.25, 0.3) is 11.1 Å². The number of primary sulfonamides is 1. The van der Waals surface area contributed by atoms with Gasteiger partial charge >= 0.3 is 0 Å². The summed E-state index contributed by atoms with van der Waals surface area (Å²) in [6.07, 6.45) is 2.11. The normalized spacial score (nSPS) is 12.2. The molecule has 2 aromatic heterocycles. The fraction of sp³-hybridized carbons (Fsp3) is 0.0435. The van der Waals surface area contributed by atoms with Gasteiger partial charge in [0.05, 0.1) is 16.7 Å². The van der Waals surface area contributed by atoms with Crippen LogP contribution in [-0.4, -0.2) is 13.4 Å². The van der Waals surface area contributed by atoms with Crippen LogP contribution < -0.4 is 9.88 Å². The monoisotopic (exact) mass is 449 g/mol. The average molecular weight is 449 g/mol. The van der Waals surface area contributed by atoms with Gasteiger partial charge < -0.3 is 9.15 Å². The molecule has 0 aliphatic rings. The summed E-state index contributed by atoms with van der Waals surface area (Å²) in [5, 5.41) is 14.5. The van der Waals surface area contributed by atoms with E-state index in [4.69, 9.17) is 14.3 Å². The van der Waals surface area contributed by atoms with E-state index in [9.17, 15) is 18.1 Å². The van der Waals surface area contributed by atoms with Crippen LogP contribution in [0.2, 0.25) is 0 Å². The number of rotatable bonds is 6. The molecule has 32 heavy (non-hydrogen) atoms. The number of ether oxygens (including phenoxy) is 1. The maximum atomic E-state index is 13.4. The van der Waals surface area contributed by atoms with Crippen molar-refractivity contribution in [3.05, 3.63) is 102 Å². The lowest BCUT2D eigenvalue weighted by atomic mass is 10.0. The summed E-state index contributed by atoms with van der Waals surface area (Å²) >= 11 is 0. The van der Waals surface area contributed by atoms with E-state index in [2.05, 4.69) is 4.98 Å². The van der Waals surface area contributed by atoms with Gasteiger partial charge in [-0.2, -0.15) is 5.26 Å². The SMILES string of the molecule is N#Cc1cnc(OC(c2ccc(F)cc2)c2ccco2)c(-c2ccc(S(N)(=O)=O)cc2)c1. The third-order valence-electron chi connectivity index (χ3n) is 4.68. The Labute approximate surface area is 183 Å². The van der Waals surface area contributed by atoms with Crippen molar-refractivity contribution >= 4 is 10.0 Å². The van der Waals surface area contributed by atoms with Gasteiger partial charge in [0.2, 0.25) is 15.9 Å². The molecular formula is C23H16FN3O4S. The summed E-state index contributed by atoms with van der Waals surface area (Å²) in [6, 6.07) is 18.6. The Morgan fingerprint density at radius 3 is 2.41 bits per heavy atom. The minimum atomic E-state index is -3.86. The summed E-state index contributed by atoms with van der Waals surface area (Å²) < 4.78 is 48.3. The Bertz CT molecular complexity index is 1380. The second-order valence-corrected chi connectivity index (χ2v) is 8.38. The predicted molar refractivity (Wildman–Crippen MR) is 113 cm³/mol. The Hall–Kier alpha value is -4.00. The second-order valence-electron chi connectivity index (χ2n) is 6.82. The van der Waals surface area contributed by atoms with E-state index < -0.39 is 16.1 Å². The zero-order valence-corrected chi connectivity index (χ0v) is 17.3. The van der Waals surface area contributed by atoms with Crippen molar-refractivity contribution in [2.45, 2.75) is 11.0 Å². The zero-order valence-electron chi connectivity index (χ0n) is 16.5. The fourth-order valence-corrected chi connectivity index (χ4v) is 3.63. The Balaban J connectivity index is 1.79. The number of sulfonamides is 1. The molecule has 1 unspecified atom stereocenters. The average Bonchev–Trinajstić information content (AvgIpc) is 3.32. The molecule has 0 bridgehead atoms. The topological polar surface area (TPSA) is 119 Å². The molecule has 7 nitrogen and oxygen atoms in total. The molecule has 2 aromatic carbocycles. The fourth-order valence-electron chi connectivity index (χ4n) is 3.12. The van der Waals surface area contributed by atoms with Gasteiger partial charge in [0.15, 0.2) is 6.10 Å². The molecule has 2 N–H and O–H groups in total. The van der Waals surface area contributed by atoms with Crippen molar-refractivity contribution < 1.29 is 22.0 Å². The Morgan fingerprint density at radius 2 is 1.81 bits per heavy atom. The number of furan rings is 1. The smallest absolute Gasteiger partial charge is 0.238 e. The number of nitriles is 1. The van der Waals surface area contributed by atoms with E-state index in [-0.39, 0.29) is 16.6 Å². The number of benzene rings is 2. The minimum absolute atomic E-state index is 0.0483. The highest BCUT2D eigenvalue weighted by atomic mass is 32.2. The summed E-state index contributed by atoms with van der Waals surface area (Å²) in [7, 11) is -3.86. The maximum Gasteiger partial charge on any atom is 0.238 e. The molecule has 4 aromatic rings. The van der Waals surface area contributed by atoms with Crippen molar-refractivity contribution in [2.24, 2.45) is 5.14 Å². The van der Waals surface area contributed by atoms with E-state index in [1.807, 2.05) is 6.07 Å². The van der Waals surface area contributed by atoms with Crippen LogP contribution in [0.4, 0.5) is 4.39 Å². The van der Waals surface area contributed by atoms with Crippen LogP contribution in [0.5, 0.6) is 5.88 Å². The van der Waals surface area contributed by atoms with Gasteiger partial charge in [-0.25, -0.2) is 22.9 Å². The van der Waals surface area contributed by atoms with Crippen molar-refractivity contribution in [3.8, 4) is 23.1 Å². The summed E-state index contributed by atoms with van der Waals surface area (Å²) in [4.78, 5) is 4.24. The molecule has 0 amide bonds. The molecule has 9 heteroatoms. The van der Waals surface area contributed by atoms with Gasteiger partial charge in [-0.05, 0) is 48.0 Å². The van der Waals surface area contributed by atoms with Crippen LogP contribution in [0, 0.1) is 17.1 Å². The van der Waals surface area contributed by atoms with Gasteiger partial charge in [0, 0.05) is 17.3 Å². The van der Waals surface area contributed by atoms with Gasteiger partial charge in [-0.15, -0.1) is 0 Å². The molecule has 0 spiro atoms. The van der Waals surface area contributed by atoms with Gasteiger partial charge in [-0.1, -0.05) is 24.3 Å².